The molecule has 94 valence electrons. The molecule has 0 aromatic carbocycles. The van der Waals surface area contributed by atoms with Gasteiger partial charge in [0.25, 0.3) is 0 Å². The van der Waals surface area contributed by atoms with Gasteiger partial charge in [-0.15, -0.1) is 0 Å². The van der Waals surface area contributed by atoms with E-state index in [1.165, 1.54) is 12.6 Å². The van der Waals surface area contributed by atoms with E-state index in [-0.39, 0.29) is 23.0 Å². The molecular weight excluding hydrogens is 220 g/mol. The van der Waals surface area contributed by atoms with Crippen molar-refractivity contribution in [2.24, 2.45) is 5.41 Å². The summed E-state index contributed by atoms with van der Waals surface area (Å²) in [6, 6.07) is 0.157. The van der Waals surface area contributed by atoms with E-state index in [2.05, 4.69) is 18.9 Å². The van der Waals surface area contributed by atoms with Crippen LogP contribution in [0.25, 0.3) is 0 Å². The van der Waals surface area contributed by atoms with Crippen LogP contribution in [0.3, 0.4) is 0 Å². The molecule has 2 N–H and O–H groups in total. The van der Waals surface area contributed by atoms with Crippen LogP contribution in [0.15, 0.2) is 6.20 Å². The highest BCUT2D eigenvalue weighted by Gasteiger charge is 2.36. The Morgan fingerprint density at radius 2 is 2.29 bits per heavy atom. The van der Waals surface area contributed by atoms with E-state index < -0.39 is 4.92 Å². The van der Waals surface area contributed by atoms with Gasteiger partial charge in [-0.05, 0) is 18.3 Å². The van der Waals surface area contributed by atoms with Gasteiger partial charge in [0.1, 0.15) is 6.20 Å². The molecule has 1 saturated carbocycles. The molecule has 6 heteroatoms. The molecule has 1 heterocycles. The van der Waals surface area contributed by atoms with E-state index >= 15 is 0 Å². The van der Waals surface area contributed by atoms with Crippen molar-refractivity contribution >= 4 is 11.5 Å². The molecular formula is C11H18N4O2. The van der Waals surface area contributed by atoms with Crippen LogP contribution in [0.2, 0.25) is 0 Å². The topological polar surface area (TPSA) is 87.0 Å². The van der Waals surface area contributed by atoms with Gasteiger partial charge in [-0.1, -0.05) is 26.7 Å². The van der Waals surface area contributed by atoms with Gasteiger partial charge in [0.2, 0.25) is 5.82 Å². The summed E-state index contributed by atoms with van der Waals surface area (Å²) in [6.07, 6.45) is 5.66. The van der Waals surface area contributed by atoms with Crippen molar-refractivity contribution in [2.75, 3.05) is 5.73 Å². The average Bonchev–Trinajstić information content (AvgIpc) is 2.59. The molecule has 0 amide bonds. The third-order valence-corrected chi connectivity index (χ3v) is 3.76. The second-order valence-corrected chi connectivity index (χ2v) is 5.37. The molecule has 1 aromatic rings. The Hall–Kier alpha value is -1.59. The van der Waals surface area contributed by atoms with Crippen molar-refractivity contribution in [2.45, 2.75) is 45.6 Å². The van der Waals surface area contributed by atoms with E-state index in [1.54, 1.807) is 4.68 Å². The molecule has 2 rings (SSSR count). The Balaban J connectivity index is 2.36. The predicted octanol–water partition coefficient (Wildman–Crippen LogP) is 2.51. The lowest BCUT2D eigenvalue weighted by molar-refractivity contribution is -0.384. The first kappa shape index (κ1) is 11.9. The number of aromatic nitrogens is 2. The summed E-state index contributed by atoms with van der Waals surface area (Å²) in [4.78, 5) is 10.3. The summed E-state index contributed by atoms with van der Waals surface area (Å²) >= 11 is 0. The number of hydrogen-bond acceptors (Lipinski definition) is 4. The smallest absolute Gasteiger partial charge is 0.330 e. The molecule has 17 heavy (non-hydrogen) atoms. The number of nitrogens with two attached hydrogens (primary N) is 1. The van der Waals surface area contributed by atoms with E-state index in [9.17, 15) is 10.1 Å². The Morgan fingerprint density at radius 3 is 2.82 bits per heavy atom. The Labute approximate surface area is 99.9 Å². The summed E-state index contributed by atoms with van der Waals surface area (Å²) in [5.74, 6) is 0.176. The zero-order chi connectivity index (χ0) is 12.6. The molecule has 1 fully saturated rings. The van der Waals surface area contributed by atoms with Crippen LogP contribution < -0.4 is 5.73 Å². The molecule has 1 aliphatic rings. The Bertz CT molecular complexity index is 439. The zero-order valence-electron chi connectivity index (χ0n) is 10.2. The Morgan fingerprint density at radius 1 is 1.59 bits per heavy atom. The van der Waals surface area contributed by atoms with E-state index in [1.807, 2.05) is 0 Å². The Kier molecular flexibility index (Phi) is 2.81. The van der Waals surface area contributed by atoms with E-state index in [0.717, 1.165) is 19.3 Å². The van der Waals surface area contributed by atoms with Crippen molar-refractivity contribution in [3.8, 4) is 0 Å². The fourth-order valence-electron chi connectivity index (χ4n) is 2.68. The summed E-state index contributed by atoms with van der Waals surface area (Å²) in [5, 5.41) is 14.9. The van der Waals surface area contributed by atoms with Gasteiger partial charge in [0.05, 0.1) is 11.0 Å². The molecule has 1 aliphatic carbocycles. The van der Waals surface area contributed by atoms with Crippen LogP contribution in [-0.2, 0) is 0 Å². The predicted molar refractivity (Wildman–Crippen MR) is 64.6 cm³/mol. The van der Waals surface area contributed by atoms with Gasteiger partial charge in [-0.3, -0.25) is 10.1 Å². The van der Waals surface area contributed by atoms with Crippen molar-refractivity contribution in [1.82, 2.24) is 9.78 Å². The fraction of sp³-hybridized carbons (Fsp3) is 0.727. The van der Waals surface area contributed by atoms with Crippen LogP contribution in [0.1, 0.15) is 45.6 Å². The first-order chi connectivity index (χ1) is 7.93. The molecule has 0 aliphatic heterocycles. The maximum Gasteiger partial charge on any atom is 0.330 e. The van der Waals surface area contributed by atoms with Gasteiger partial charge in [-0.2, -0.15) is 5.10 Å². The monoisotopic (exact) mass is 238 g/mol. The molecule has 0 bridgehead atoms. The third-order valence-electron chi connectivity index (χ3n) is 3.76. The number of hydrogen-bond donors (Lipinski definition) is 1. The SMILES string of the molecule is CC1(C)CCCCC1n1ncc([N+](=O)[O-])c1N. The highest BCUT2D eigenvalue weighted by molar-refractivity contribution is 5.51. The van der Waals surface area contributed by atoms with E-state index in [4.69, 9.17) is 5.73 Å². The van der Waals surface area contributed by atoms with Crippen LogP contribution in [0.4, 0.5) is 11.5 Å². The molecule has 0 spiro atoms. The number of nitrogen functional groups attached to an aromatic ring is 1. The maximum atomic E-state index is 10.8. The van der Waals surface area contributed by atoms with Crippen LogP contribution in [-0.4, -0.2) is 14.7 Å². The fourth-order valence-corrected chi connectivity index (χ4v) is 2.68. The quantitative estimate of drug-likeness (QED) is 0.633. The van der Waals surface area contributed by atoms with Crippen molar-refractivity contribution < 1.29 is 4.92 Å². The van der Waals surface area contributed by atoms with Gasteiger partial charge in [0, 0.05) is 0 Å². The highest BCUT2D eigenvalue weighted by atomic mass is 16.6. The zero-order valence-corrected chi connectivity index (χ0v) is 10.2. The standard InChI is InChI=1S/C11H18N4O2/c1-11(2)6-4-3-5-9(11)14-10(12)8(7-13-14)15(16)17/h7,9H,3-6,12H2,1-2H3. The minimum atomic E-state index is -0.478. The molecule has 0 saturated heterocycles. The molecule has 1 aromatic heterocycles. The summed E-state index contributed by atoms with van der Waals surface area (Å²) < 4.78 is 1.64. The van der Waals surface area contributed by atoms with E-state index in [0.29, 0.717) is 0 Å². The van der Waals surface area contributed by atoms with Crippen LogP contribution in [0, 0.1) is 15.5 Å². The normalized spacial score (nSPS) is 23.5. The molecule has 1 unspecified atom stereocenters. The minimum Gasteiger partial charge on any atom is -0.378 e. The molecule has 0 radical (unpaired) electrons. The summed E-state index contributed by atoms with van der Waals surface area (Å²) in [7, 11) is 0. The number of nitro groups is 1. The highest BCUT2D eigenvalue weighted by Crippen LogP contribution is 2.45. The summed E-state index contributed by atoms with van der Waals surface area (Å²) in [5.41, 5.74) is 5.81. The van der Waals surface area contributed by atoms with Gasteiger partial charge in [-0.25, -0.2) is 4.68 Å². The van der Waals surface area contributed by atoms with Crippen LogP contribution >= 0.6 is 0 Å². The van der Waals surface area contributed by atoms with Crippen molar-refractivity contribution in [1.29, 1.82) is 0 Å². The second kappa shape index (κ2) is 4.01. The maximum absolute atomic E-state index is 10.8. The van der Waals surface area contributed by atoms with Gasteiger partial charge in [0.15, 0.2) is 0 Å². The summed E-state index contributed by atoms with van der Waals surface area (Å²) in [6.45, 7) is 4.34. The largest absolute Gasteiger partial charge is 0.378 e. The first-order valence-corrected chi connectivity index (χ1v) is 5.91. The minimum absolute atomic E-state index is 0.0895. The lowest BCUT2D eigenvalue weighted by Gasteiger charge is -2.38. The lowest BCUT2D eigenvalue weighted by atomic mass is 9.73. The first-order valence-electron chi connectivity index (χ1n) is 5.91. The average molecular weight is 238 g/mol. The molecule has 1 atom stereocenters. The lowest BCUT2D eigenvalue weighted by Crippen LogP contribution is -2.31. The van der Waals surface area contributed by atoms with Gasteiger partial charge >= 0.3 is 5.69 Å². The number of anilines is 1. The van der Waals surface area contributed by atoms with Crippen molar-refractivity contribution in [3.63, 3.8) is 0 Å². The molecule has 6 nitrogen and oxygen atoms in total. The number of nitrogens with zero attached hydrogens (tertiary/aromatic N) is 3. The third kappa shape index (κ3) is 1.99. The van der Waals surface area contributed by atoms with Crippen LogP contribution in [0.5, 0.6) is 0 Å². The van der Waals surface area contributed by atoms with Crippen molar-refractivity contribution in [3.05, 3.63) is 16.3 Å². The van der Waals surface area contributed by atoms with Gasteiger partial charge < -0.3 is 5.73 Å². The number of rotatable bonds is 2. The second-order valence-electron chi connectivity index (χ2n) is 5.37.